The molecule has 0 bridgehead atoms. The lowest BCUT2D eigenvalue weighted by atomic mass is 9.98. The molecule has 2 aliphatic rings. The Morgan fingerprint density at radius 3 is 1.28 bits per heavy atom. The lowest BCUT2D eigenvalue weighted by Crippen LogP contribution is -2.41. The van der Waals surface area contributed by atoms with Crippen LogP contribution in [0.3, 0.4) is 0 Å². The Hall–Kier alpha value is -9.98. The maximum Gasteiger partial charge on any atom is 0.252 e. The van der Waals surface area contributed by atoms with Crippen molar-refractivity contribution in [1.29, 1.82) is 0 Å². The molecule has 4 aromatic carbocycles. The molecule has 2 aliphatic heterocycles. The molecule has 0 radical (unpaired) electrons. The molecule has 74 heavy (non-hydrogen) atoms. The summed E-state index contributed by atoms with van der Waals surface area (Å²) in [6.07, 6.45) is 8.06. The van der Waals surface area contributed by atoms with Crippen LogP contribution < -0.4 is 11.5 Å². The molecule has 20 nitrogen and oxygen atoms in total. The van der Waals surface area contributed by atoms with E-state index in [1.807, 2.05) is 94.7 Å². The molecule has 10 heterocycles. The molecule has 20 heteroatoms. The van der Waals surface area contributed by atoms with Gasteiger partial charge >= 0.3 is 0 Å². The number of carbonyl (C=O) groups excluding carboxylic acids is 2. The highest BCUT2D eigenvalue weighted by Crippen LogP contribution is 2.33. The molecule has 0 aliphatic carbocycles. The van der Waals surface area contributed by atoms with Gasteiger partial charge in [-0.15, -0.1) is 10.2 Å². The summed E-state index contributed by atoms with van der Waals surface area (Å²) < 4.78 is 17.1. The topological polar surface area (TPSA) is 241 Å². The summed E-state index contributed by atoms with van der Waals surface area (Å²) in [7, 11) is 0. The van der Waals surface area contributed by atoms with Crippen LogP contribution in [0.15, 0.2) is 167 Å². The van der Waals surface area contributed by atoms with Crippen molar-refractivity contribution in [1.82, 2.24) is 68.5 Å². The number of aromatic nitrogens is 12. The first-order valence-electron chi connectivity index (χ1n) is 24.0. The second-order valence-electron chi connectivity index (χ2n) is 18.1. The van der Waals surface area contributed by atoms with E-state index in [1.54, 1.807) is 58.5 Å². The smallest absolute Gasteiger partial charge is 0.252 e. The van der Waals surface area contributed by atoms with Gasteiger partial charge in [0, 0.05) is 26.2 Å². The minimum atomic E-state index is -0.717. The molecule has 14 rings (SSSR count). The molecule has 4 N–H and O–H groups in total. The summed E-state index contributed by atoms with van der Waals surface area (Å²) in [5, 5.41) is 19.5. The fourth-order valence-corrected chi connectivity index (χ4v) is 10.0. The van der Waals surface area contributed by atoms with Gasteiger partial charge < -0.3 is 30.1 Å². The van der Waals surface area contributed by atoms with Crippen LogP contribution in [0.2, 0.25) is 0 Å². The van der Waals surface area contributed by atoms with Crippen LogP contribution in [-0.4, -0.2) is 93.4 Å². The van der Waals surface area contributed by atoms with Crippen molar-refractivity contribution in [3.05, 3.63) is 192 Å². The van der Waals surface area contributed by atoms with E-state index < -0.39 is 12.1 Å². The summed E-state index contributed by atoms with van der Waals surface area (Å²) in [5.74, 6) is 1.99. The van der Waals surface area contributed by atoms with Gasteiger partial charge in [0.05, 0.1) is 35.7 Å². The maximum absolute atomic E-state index is 14.1. The molecule has 0 saturated carbocycles. The Bertz CT molecular complexity index is 3770. The third-order valence-corrected chi connectivity index (χ3v) is 13.7. The molecule has 12 aromatic rings. The van der Waals surface area contributed by atoms with E-state index >= 15 is 0 Å². The number of amides is 2. The third-order valence-electron chi connectivity index (χ3n) is 13.7. The van der Waals surface area contributed by atoms with Crippen molar-refractivity contribution in [2.75, 3.05) is 24.6 Å². The summed E-state index contributed by atoms with van der Waals surface area (Å²) in [4.78, 5) is 50.5. The first kappa shape index (κ1) is 44.0. The van der Waals surface area contributed by atoms with E-state index in [1.165, 1.54) is 20.2 Å². The van der Waals surface area contributed by atoms with Gasteiger partial charge in [-0.25, -0.2) is 19.3 Å². The van der Waals surface area contributed by atoms with Gasteiger partial charge in [0.15, 0.2) is 46.2 Å². The maximum atomic E-state index is 14.1. The van der Waals surface area contributed by atoms with Crippen LogP contribution in [0.1, 0.15) is 45.5 Å². The van der Waals surface area contributed by atoms with Crippen molar-refractivity contribution < 1.29 is 18.4 Å². The number of nitrogens with zero attached hydrogens (tertiary/aromatic N) is 14. The van der Waals surface area contributed by atoms with E-state index in [0.29, 0.717) is 82.7 Å². The van der Waals surface area contributed by atoms with Crippen LogP contribution >= 0.6 is 0 Å². The molecule has 2 amide bonds. The van der Waals surface area contributed by atoms with Crippen molar-refractivity contribution >= 4 is 57.1 Å². The average Bonchev–Trinajstić information content (AvgIpc) is 4.31. The molecule has 0 fully saturated rings. The fourth-order valence-electron chi connectivity index (χ4n) is 10.0. The monoisotopic (exact) mass is 980 g/mol. The standard InChI is InChI=1S/2C27H22N8O2/c2*28-27-31-25-20(24-30-23(32-35(24)27)21-11-6-14-37-21)15-29-34(25)22(18-8-2-1-3-9-18)26(36)33-13-12-17-7-4-5-10-19(17)16-33/h2*1-11,14-15,22H,12-13,16H2,(H2,28,31)/t2*22-/m10/s1. The molecule has 364 valence electrons. The number of carbonyl (C=O) groups is 2. The average molecular weight is 981 g/mol. The predicted octanol–water partition coefficient (Wildman–Crippen LogP) is 6.98. The number of fused-ring (bicyclic) bond motifs is 8. The van der Waals surface area contributed by atoms with Crippen molar-refractivity contribution in [3.63, 3.8) is 0 Å². The number of anilines is 2. The van der Waals surface area contributed by atoms with Crippen molar-refractivity contribution in [3.8, 4) is 23.2 Å². The highest BCUT2D eigenvalue weighted by atomic mass is 16.3. The minimum absolute atomic E-state index is 0.0521. The fraction of sp³-hybridized carbons (Fsp3) is 0.148. The summed E-state index contributed by atoms with van der Waals surface area (Å²) in [6, 6.07) is 41.4. The van der Waals surface area contributed by atoms with Crippen LogP contribution in [0.25, 0.3) is 56.5 Å². The largest absolute Gasteiger partial charge is 0.461 e. The normalized spacial score (nSPS) is 14.2. The summed E-state index contributed by atoms with van der Waals surface area (Å²) in [6.45, 7) is 2.37. The Labute approximate surface area is 420 Å². The van der Waals surface area contributed by atoms with E-state index in [9.17, 15) is 9.59 Å². The van der Waals surface area contributed by atoms with Gasteiger partial charge in [-0.2, -0.15) is 29.2 Å². The lowest BCUT2D eigenvalue weighted by Gasteiger charge is -2.32. The minimum Gasteiger partial charge on any atom is -0.461 e. The zero-order valence-corrected chi connectivity index (χ0v) is 39.5. The Morgan fingerprint density at radius 2 is 0.878 bits per heavy atom. The predicted molar refractivity (Wildman–Crippen MR) is 273 cm³/mol. The Morgan fingerprint density at radius 1 is 0.473 bits per heavy atom. The molecule has 2 atom stereocenters. The molecule has 8 aromatic heterocycles. The SMILES string of the molecule is Nc1nc2c(cnn2[C@@H](C(=O)N2CCc3ccccc3C2)c2ccccc2)c2nc(-c3ccco3)nn12.Nc1nc2c(cnn2[C@H](C(=O)N2CCc3ccccc3C2)c2ccccc2)c2nc(-c3ccco3)nn12. The lowest BCUT2D eigenvalue weighted by molar-refractivity contribution is -0.135. The Balaban J connectivity index is 0.000000143. The third kappa shape index (κ3) is 7.63. The van der Waals surface area contributed by atoms with Crippen molar-refractivity contribution in [2.45, 2.75) is 38.0 Å². The second kappa shape index (κ2) is 18.0. The molecular formula is C54H44N16O4. The highest BCUT2D eigenvalue weighted by molar-refractivity contribution is 5.94. The number of rotatable bonds is 8. The van der Waals surface area contributed by atoms with Crippen molar-refractivity contribution in [2.24, 2.45) is 0 Å². The Kier molecular flexibility index (Phi) is 10.7. The summed E-state index contributed by atoms with van der Waals surface area (Å²) in [5.41, 5.74) is 21.0. The van der Waals surface area contributed by atoms with E-state index in [-0.39, 0.29) is 23.7 Å². The zero-order valence-electron chi connectivity index (χ0n) is 39.5. The summed E-state index contributed by atoms with van der Waals surface area (Å²) >= 11 is 0. The van der Waals surface area contributed by atoms with Crippen LogP contribution in [0.4, 0.5) is 11.9 Å². The first-order chi connectivity index (χ1) is 36.3. The first-order valence-corrected chi connectivity index (χ1v) is 24.0. The van der Waals surface area contributed by atoms with Gasteiger partial charge in [0.1, 0.15) is 0 Å². The van der Waals surface area contributed by atoms with Gasteiger partial charge in [-0.3, -0.25) is 9.59 Å². The number of furan rings is 2. The molecule has 0 saturated heterocycles. The van der Waals surface area contributed by atoms with Gasteiger partial charge in [-0.05, 0) is 70.5 Å². The van der Waals surface area contributed by atoms with Gasteiger partial charge in [-0.1, -0.05) is 109 Å². The van der Waals surface area contributed by atoms with Crippen LogP contribution in [0, 0.1) is 0 Å². The number of nitrogen functional groups attached to an aromatic ring is 2. The van der Waals surface area contributed by atoms with E-state index in [2.05, 4.69) is 64.6 Å². The van der Waals surface area contributed by atoms with Crippen LogP contribution in [0.5, 0.6) is 0 Å². The quantitative estimate of drug-likeness (QED) is 0.156. The number of nitrogens with two attached hydrogens (primary N) is 2. The van der Waals surface area contributed by atoms with E-state index in [0.717, 1.165) is 35.1 Å². The molecular weight excluding hydrogens is 937 g/mol. The molecule has 0 spiro atoms. The number of hydrogen-bond acceptors (Lipinski definition) is 14. The second-order valence-corrected chi connectivity index (χ2v) is 18.1. The van der Waals surface area contributed by atoms with Crippen LogP contribution in [-0.2, 0) is 35.5 Å². The highest BCUT2D eigenvalue weighted by Gasteiger charge is 2.35. The van der Waals surface area contributed by atoms with Gasteiger partial charge in [0.25, 0.3) is 11.8 Å². The molecule has 0 unspecified atom stereocenters. The van der Waals surface area contributed by atoms with Gasteiger partial charge in [0.2, 0.25) is 23.5 Å². The zero-order chi connectivity index (χ0) is 49.9. The number of hydrogen-bond donors (Lipinski definition) is 2. The number of benzene rings is 4. The van der Waals surface area contributed by atoms with E-state index in [4.69, 9.17) is 20.3 Å².